The quantitative estimate of drug-likeness (QED) is 0.534. The maximum atomic E-state index is 12.5. The molecule has 8 nitrogen and oxygen atoms in total. The first-order valence-electron chi connectivity index (χ1n) is 13.0. The molecule has 2 aliphatic rings. The highest BCUT2D eigenvalue weighted by molar-refractivity contribution is 5.91. The van der Waals surface area contributed by atoms with Crippen LogP contribution in [0.25, 0.3) is 11.3 Å². The zero-order valence-electron chi connectivity index (χ0n) is 22.0. The molecule has 0 aromatic carbocycles. The van der Waals surface area contributed by atoms with E-state index in [0.29, 0.717) is 43.5 Å². The number of piperazine rings is 1. The van der Waals surface area contributed by atoms with Gasteiger partial charge in [0.25, 0.3) is 0 Å². The maximum absolute atomic E-state index is 12.5. The maximum Gasteiger partial charge on any atom is 0.410 e. The number of hydrogen-bond acceptors (Lipinski definition) is 7. The Morgan fingerprint density at radius 3 is 2.42 bits per heavy atom. The highest BCUT2D eigenvalue weighted by Gasteiger charge is 2.27. The zero-order chi connectivity index (χ0) is 25.7. The molecule has 0 spiro atoms. The van der Waals surface area contributed by atoms with Gasteiger partial charge in [-0.05, 0) is 57.4 Å². The first kappa shape index (κ1) is 25.9. The monoisotopic (exact) mass is 494 g/mol. The summed E-state index contributed by atoms with van der Waals surface area (Å²) in [5.74, 6) is 0.985. The largest absolute Gasteiger partial charge is 0.465 e. The van der Waals surface area contributed by atoms with Gasteiger partial charge in [0.2, 0.25) is 0 Å². The number of nitrogens with zero attached hydrogens (tertiary/aromatic N) is 4. The molecule has 1 saturated heterocycles. The van der Waals surface area contributed by atoms with E-state index in [2.05, 4.69) is 16.0 Å². The van der Waals surface area contributed by atoms with Crippen LogP contribution < -0.4 is 4.90 Å². The summed E-state index contributed by atoms with van der Waals surface area (Å²) in [7, 11) is 1.39. The summed E-state index contributed by atoms with van der Waals surface area (Å²) in [6, 6.07) is 7.59. The third-order valence-corrected chi connectivity index (χ3v) is 6.82. The van der Waals surface area contributed by atoms with Crippen LogP contribution in [0.5, 0.6) is 0 Å². The normalized spacial score (nSPS) is 17.1. The molecule has 0 atom stereocenters. The van der Waals surface area contributed by atoms with E-state index in [1.807, 2.05) is 33.0 Å². The van der Waals surface area contributed by atoms with Gasteiger partial charge in [0.15, 0.2) is 0 Å². The van der Waals surface area contributed by atoms with E-state index in [-0.39, 0.29) is 6.09 Å². The molecule has 194 valence electrons. The molecule has 36 heavy (non-hydrogen) atoms. The van der Waals surface area contributed by atoms with E-state index in [1.165, 1.54) is 39.2 Å². The number of ether oxygens (including phenoxy) is 2. The fourth-order valence-electron chi connectivity index (χ4n) is 4.94. The fraction of sp³-hybridized carbons (Fsp3) is 0.571. The van der Waals surface area contributed by atoms with Crippen molar-refractivity contribution in [3.8, 4) is 11.3 Å². The van der Waals surface area contributed by atoms with Gasteiger partial charge >= 0.3 is 12.1 Å². The molecule has 3 heterocycles. The average molecular weight is 495 g/mol. The Bertz CT molecular complexity index is 1070. The summed E-state index contributed by atoms with van der Waals surface area (Å²) < 4.78 is 10.5. The molecule has 1 saturated carbocycles. The minimum absolute atomic E-state index is 0.304. The van der Waals surface area contributed by atoms with Crippen molar-refractivity contribution in [1.29, 1.82) is 0 Å². The second kappa shape index (κ2) is 11.3. The van der Waals surface area contributed by atoms with Crippen LogP contribution in [0.15, 0.2) is 30.5 Å². The van der Waals surface area contributed by atoms with Crippen LogP contribution in [-0.4, -0.2) is 65.8 Å². The summed E-state index contributed by atoms with van der Waals surface area (Å²) in [6.45, 7) is 7.84. The van der Waals surface area contributed by atoms with Gasteiger partial charge < -0.3 is 19.3 Å². The van der Waals surface area contributed by atoms with E-state index in [1.54, 1.807) is 17.0 Å². The van der Waals surface area contributed by atoms with Crippen molar-refractivity contribution in [1.82, 2.24) is 14.9 Å². The lowest BCUT2D eigenvalue weighted by molar-refractivity contribution is 0.0240. The number of hydrogen-bond donors (Lipinski definition) is 0. The number of esters is 1. The summed E-state index contributed by atoms with van der Waals surface area (Å²) in [6.07, 6.45) is 8.98. The number of amides is 1. The van der Waals surface area contributed by atoms with Gasteiger partial charge in [0.1, 0.15) is 11.4 Å². The molecular weight excluding hydrogens is 456 g/mol. The molecular formula is C28H38N4O4. The number of aromatic nitrogens is 2. The summed E-state index contributed by atoms with van der Waals surface area (Å²) in [5, 5.41) is 0. The smallest absolute Gasteiger partial charge is 0.410 e. The first-order chi connectivity index (χ1) is 17.2. The predicted molar refractivity (Wildman–Crippen MR) is 139 cm³/mol. The number of carbonyl (C=O) groups excluding carboxylic acids is 2. The van der Waals surface area contributed by atoms with Gasteiger partial charge in [0.05, 0.1) is 18.4 Å². The lowest BCUT2D eigenvalue weighted by Crippen LogP contribution is -2.50. The second-order valence-corrected chi connectivity index (χ2v) is 10.8. The van der Waals surface area contributed by atoms with E-state index in [4.69, 9.17) is 14.5 Å². The van der Waals surface area contributed by atoms with Gasteiger partial charge in [-0.15, -0.1) is 0 Å². The fourth-order valence-corrected chi connectivity index (χ4v) is 4.94. The van der Waals surface area contributed by atoms with Crippen LogP contribution in [0.1, 0.15) is 68.9 Å². The number of carbonyl (C=O) groups is 2. The molecule has 2 aromatic heterocycles. The van der Waals surface area contributed by atoms with Gasteiger partial charge in [-0.3, -0.25) is 4.98 Å². The molecule has 2 aromatic rings. The Labute approximate surface area is 214 Å². The molecule has 0 radical (unpaired) electrons. The molecule has 0 N–H and O–H groups in total. The zero-order valence-corrected chi connectivity index (χ0v) is 22.0. The highest BCUT2D eigenvalue weighted by atomic mass is 16.6. The van der Waals surface area contributed by atoms with Crippen LogP contribution in [0.2, 0.25) is 0 Å². The van der Waals surface area contributed by atoms with Crippen molar-refractivity contribution in [2.24, 2.45) is 5.92 Å². The molecule has 4 rings (SSSR count). The third-order valence-electron chi connectivity index (χ3n) is 6.82. The molecule has 8 heteroatoms. The standard InChI is InChI=1S/C28H38N4O4/c1-28(2,3)36-27(34)32-14-12-31(13-15-32)25-19-22(26(33)35-4)18-24(30-25)21-10-11-29-23(17-21)16-20-8-6-5-7-9-20/h10-11,17-20H,5-9,12-16H2,1-4H3. The minimum atomic E-state index is -0.528. The average Bonchev–Trinajstić information content (AvgIpc) is 2.88. The molecule has 1 amide bonds. The number of pyridine rings is 2. The number of methoxy groups -OCH3 is 1. The van der Waals surface area contributed by atoms with Crippen molar-refractivity contribution in [2.45, 2.75) is 64.9 Å². The summed E-state index contributed by atoms with van der Waals surface area (Å²) in [4.78, 5) is 38.3. The van der Waals surface area contributed by atoms with Crippen molar-refractivity contribution in [3.63, 3.8) is 0 Å². The molecule has 0 unspecified atom stereocenters. The molecule has 1 aliphatic carbocycles. The van der Waals surface area contributed by atoms with E-state index >= 15 is 0 Å². The lowest BCUT2D eigenvalue weighted by Gasteiger charge is -2.36. The summed E-state index contributed by atoms with van der Waals surface area (Å²) >= 11 is 0. The van der Waals surface area contributed by atoms with Crippen molar-refractivity contribution in [2.75, 3.05) is 38.2 Å². The second-order valence-electron chi connectivity index (χ2n) is 10.8. The van der Waals surface area contributed by atoms with Crippen LogP contribution in [0.3, 0.4) is 0 Å². The Kier molecular flexibility index (Phi) is 8.11. The lowest BCUT2D eigenvalue weighted by atomic mass is 9.86. The van der Waals surface area contributed by atoms with Crippen LogP contribution in [0, 0.1) is 5.92 Å². The van der Waals surface area contributed by atoms with Crippen LogP contribution >= 0.6 is 0 Å². The topological polar surface area (TPSA) is 84.9 Å². The van der Waals surface area contributed by atoms with Crippen molar-refractivity contribution >= 4 is 17.9 Å². The highest BCUT2D eigenvalue weighted by Crippen LogP contribution is 2.29. The Morgan fingerprint density at radius 1 is 1.03 bits per heavy atom. The van der Waals surface area contributed by atoms with E-state index in [0.717, 1.165) is 23.4 Å². The third kappa shape index (κ3) is 6.74. The van der Waals surface area contributed by atoms with E-state index in [9.17, 15) is 9.59 Å². The molecule has 2 fully saturated rings. The van der Waals surface area contributed by atoms with Gasteiger partial charge in [-0.1, -0.05) is 32.1 Å². The molecule has 1 aliphatic heterocycles. The van der Waals surface area contributed by atoms with Crippen LogP contribution in [0.4, 0.5) is 10.6 Å². The Hall–Kier alpha value is -3.16. The molecule has 0 bridgehead atoms. The number of anilines is 1. The number of rotatable bonds is 5. The Morgan fingerprint density at radius 2 is 1.75 bits per heavy atom. The first-order valence-corrected chi connectivity index (χ1v) is 13.0. The Balaban J connectivity index is 1.53. The predicted octanol–water partition coefficient (Wildman–Crippen LogP) is 5.11. The van der Waals surface area contributed by atoms with Crippen LogP contribution in [-0.2, 0) is 15.9 Å². The minimum Gasteiger partial charge on any atom is -0.465 e. The van der Waals surface area contributed by atoms with Gasteiger partial charge in [0, 0.05) is 43.6 Å². The van der Waals surface area contributed by atoms with Gasteiger partial charge in [-0.2, -0.15) is 0 Å². The van der Waals surface area contributed by atoms with E-state index < -0.39 is 11.6 Å². The summed E-state index contributed by atoms with van der Waals surface area (Å²) in [5.41, 5.74) is 2.65. The van der Waals surface area contributed by atoms with Gasteiger partial charge in [-0.25, -0.2) is 14.6 Å². The van der Waals surface area contributed by atoms with Crippen molar-refractivity contribution < 1.29 is 19.1 Å². The SMILES string of the molecule is COC(=O)c1cc(-c2ccnc(CC3CCCCC3)c2)nc(N2CCN(C(=O)OC(C)(C)C)CC2)c1. The van der Waals surface area contributed by atoms with Crippen molar-refractivity contribution in [3.05, 3.63) is 41.7 Å².